The lowest BCUT2D eigenvalue weighted by Crippen LogP contribution is -2.52. The maximum absolute atomic E-state index is 13.0. The Bertz CT molecular complexity index is 686. The minimum Gasteiger partial charge on any atom is -0.341 e. The summed E-state index contributed by atoms with van der Waals surface area (Å²) in [5, 5.41) is 0. The number of amides is 2. The van der Waals surface area contributed by atoms with Gasteiger partial charge in [-0.3, -0.25) is 14.5 Å². The third-order valence-electron chi connectivity index (χ3n) is 6.07. The molecule has 1 unspecified atom stereocenters. The third kappa shape index (κ3) is 3.63. The molecule has 3 aliphatic rings. The first-order chi connectivity index (χ1) is 12.6. The number of aryl methyl sites for hydroxylation is 1. The molecule has 0 N–H and O–H groups in total. The van der Waals surface area contributed by atoms with Crippen molar-refractivity contribution in [3.05, 3.63) is 29.8 Å². The summed E-state index contributed by atoms with van der Waals surface area (Å²) in [5.74, 6) is 0.754. The second kappa shape index (κ2) is 7.39. The lowest BCUT2D eigenvalue weighted by Gasteiger charge is -2.38. The molecular weight excluding hydrogens is 326 g/mol. The molecule has 1 saturated heterocycles. The second-order valence-electron chi connectivity index (χ2n) is 8.03. The molecule has 0 aromatic heterocycles. The Morgan fingerprint density at radius 1 is 1.12 bits per heavy atom. The van der Waals surface area contributed by atoms with Crippen molar-refractivity contribution in [2.45, 2.75) is 44.6 Å². The number of benzene rings is 1. The van der Waals surface area contributed by atoms with Gasteiger partial charge in [-0.1, -0.05) is 18.2 Å². The number of hydrogen-bond acceptors (Lipinski definition) is 3. The Kier molecular flexibility index (Phi) is 4.98. The number of para-hydroxylation sites is 1. The maximum atomic E-state index is 13.0. The molecule has 2 aliphatic heterocycles. The summed E-state index contributed by atoms with van der Waals surface area (Å²) in [6.07, 6.45) is 6.28. The summed E-state index contributed by atoms with van der Waals surface area (Å²) in [7, 11) is 1.94. The lowest BCUT2D eigenvalue weighted by molar-refractivity contribution is -0.134. The molecule has 1 aliphatic carbocycles. The number of rotatable bonds is 4. The SMILES string of the molecule is CN(C(=O)C1CC1)C1CCCN(CC(=O)N2CCCc3ccccc32)C1. The van der Waals surface area contributed by atoms with Gasteiger partial charge in [-0.2, -0.15) is 0 Å². The van der Waals surface area contributed by atoms with Crippen LogP contribution in [-0.4, -0.2) is 60.9 Å². The molecule has 26 heavy (non-hydrogen) atoms. The maximum Gasteiger partial charge on any atom is 0.241 e. The largest absolute Gasteiger partial charge is 0.341 e. The van der Waals surface area contributed by atoms with Gasteiger partial charge in [0, 0.05) is 37.8 Å². The van der Waals surface area contributed by atoms with Gasteiger partial charge in [0.05, 0.1) is 6.54 Å². The van der Waals surface area contributed by atoms with Gasteiger partial charge in [0.2, 0.25) is 11.8 Å². The first-order valence-corrected chi connectivity index (χ1v) is 10.0. The number of likely N-dealkylation sites (tertiary alicyclic amines) is 1. The summed E-state index contributed by atoms with van der Waals surface area (Å²) >= 11 is 0. The van der Waals surface area contributed by atoms with Gasteiger partial charge in [-0.25, -0.2) is 0 Å². The Hall–Kier alpha value is -1.88. The van der Waals surface area contributed by atoms with E-state index in [1.54, 1.807) is 0 Å². The van der Waals surface area contributed by atoms with E-state index in [0.717, 1.165) is 63.8 Å². The smallest absolute Gasteiger partial charge is 0.241 e. The number of fused-ring (bicyclic) bond motifs is 1. The van der Waals surface area contributed by atoms with Gasteiger partial charge in [0.1, 0.15) is 0 Å². The summed E-state index contributed by atoms with van der Waals surface area (Å²) < 4.78 is 0. The average Bonchev–Trinajstić information content (AvgIpc) is 3.52. The van der Waals surface area contributed by atoms with Crippen LogP contribution < -0.4 is 4.90 Å². The van der Waals surface area contributed by atoms with E-state index in [9.17, 15) is 9.59 Å². The van der Waals surface area contributed by atoms with Crippen molar-refractivity contribution in [1.82, 2.24) is 9.80 Å². The molecule has 0 spiro atoms. The number of carbonyl (C=O) groups is 2. The zero-order valence-electron chi connectivity index (χ0n) is 15.7. The fourth-order valence-corrected chi connectivity index (χ4v) is 4.36. The monoisotopic (exact) mass is 355 g/mol. The molecular formula is C21H29N3O2. The average molecular weight is 355 g/mol. The highest BCUT2D eigenvalue weighted by molar-refractivity contribution is 5.96. The minimum atomic E-state index is 0.189. The molecule has 140 valence electrons. The van der Waals surface area contributed by atoms with Gasteiger partial charge in [-0.05, 0) is 56.7 Å². The van der Waals surface area contributed by atoms with Crippen LogP contribution in [0.2, 0.25) is 0 Å². The van der Waals surface area contributed by atoms with E-state index in [-0.39, 0.29) is 17.9 Å². The fraction of sp³-hybridized carbons (Fsp3) is 0.619. The van der Waals surface area contributed by atoms with Gasteiger partial charge in [0.15, 0.2) is 0 Å². The van der Waals surface area contributed by atoms with Crippen LogP contribution in [0.4, 0.5) is 5.69 Å². The van der Waals surface area contributed by atoms with E-state index < -0.39 is 0 Å². The topological polar surface area (TPSA) is 43.9 Å². The van der Waals surface area contributed by atoms with Crippen LogP contribution >= 0.6 is 0 Å². The molecule has 0 radical (unpaired) electrons. The zero-order chi connectivity index (χ0) is 18.1. The zero-order valence-corrected chi connectivity index (χ0v) is 15.7. The molecule has 2 fully saturated rings. The van der Waals surface area contributed by atoms with Crippen molar-refractivity contribution in [1.29, 1.82) is 0 Å². The van der Waals surface area contributed by atoms with E-state index in [1.807, 2.05) is 22.9 Å². The van der Waals surface area contributed by atoms with Crippen molar-refractivity contribution in [3.63, 3.8) is 0 Å². The number of hydrogen-bond donors (Lipinski definition) is 0. The van der Waals surface area contributed by atoms with E-state index >= 15 is 0 Å². The Balaban J connectivity index is 1.38. The molecule has 1 saturated carbocycles. The molecule has 2 amide bonds. The van der Waals surface area contributed by atoms with E-state index in [4.69, 9.17) is 0 Å². The normalized spacial score (nSPS) is 23.4. The number of nitrogens with zero attached hydrogens (tertiary/aromatic N) is 3. The van der Waals surface area contributed by atoms with Crippen LogP contribution in [0.3, 0.4) is 0 Å². The van der Waals surface area contributed by atoms with Gasteiger partial charge >= 0.3 is 0 Å². The predicted octanol–water partition coefficient (Wildman–Crippen LogP) is 2.30. The first kappa shape index (κ1) is 17.5. The molecule has 1 atom stereocenters. The quantitative estimate of drug-likeness (QED) is 0.832. The Labute approximate surface area is 155 Å². The van der Waals surface area contributed by atoms with Crippen molar-refractivity contribution in [2.24, 2.45) is 5.92 Å². The molecule has 1 aromatic rings. The van der Waals surface area contributed by atoms with Gasteiger partial charge in [-0.15, -0.1) is 0 Å². The Morgan fingerprint density at radius 2 is 1.92 bits per heavy atom. The minimum absolute atomic E-state index is 0.189. The van der Waals surface area contributed by atoms with Crippen molar-refractivity contribution in [2.75, 3.05) is 38.1 Å². The van der Waals surface area contributed by atoms with Crippen LogP contribution in [0, 0.1) is 5.92 Å². The summed E-state index contributed by atoms with van der Waals surface area (Å²) in [6.45, 7) is 3.03. The second-order valence-corrected chi connectivity index (χ2v) is 8.03. The number of likely N-dealkylation sites (N-methyl/N-ethyl adjacent to an activating group) is 1. The summed E-state index contributed by atoms with van der Waals surface area (Å²) in [4.78, 5) is 31.5. The molecule has 5 heteroatoms. The first-order valence-electron chi connectivity index (χ1n) is 10.0. The van der Waals surface area contributed by atoms with E-state index in [0.29, 0.717) is 12.5 Å². The van der Waals surface area contributed by atoms with Gasteiger partial charge in [0.25, 0.3) is 0 Å². The molecule has 2 heterocycles. The Morgan fingerprint density at radius 3 is 2.73 bits per heavy atom. The van der Waals surface area contributed by atoms with Crippen LogP contribution in [0.5, 0.6) is 0 Å². The third-order valence-corrected chi connectivity index (χ3v) is 6.07. The molecule has 0 bridgehead atoms. The van der Waals surface area contributed by atoms with Gasteiger partial charge < -0.3 is 9.80 Å². The summed E-state index contributed by atoms with van der Waals surface area (Å²) in [5.41, 5.74) is 2.36. The highest BCUT2D eigenvalue weighted by Crippen LogP contribution is 2.32. The molecule has 5 nitrogen and oxygen atoms in total. The number of carbonyl (C=O) groups excluding carboxylic acids is 2. The fourth-order valence-electron chi connectivity index (χ4n) is 4.36. The lowest BCUT2D eigenvalue weighted by atomic mass is 10.0. The number of piperidine rings is 1. The van der Waals surface area contributed by atoms with Crippen molar-refractivity contribution < 1.29 is 9.59 Å². The van der Waals surface area contributed by atoms with E-state index in [2.05, 4.69) is 23.1 Å². The van der Waals surface area contributed by atoms with Crippen molar-refractivity contribution >= 4 is 17.5 Å². The highest BCUT2D eigenvalue weighted by Gasteiger charge is 2.36. The van der Waals surface area contributed by atoms with E-state index in [1.165, 1.54) is 5.56 Å². The molecule has 1 aromatic carbocycles. The summed E-state index contributed by atoms with van der Waals surface area (Å²) in [6, 6.07) is 8.50. The van der Waals surface area contributed by atoms with Crippen LogP contribution in [-0.2, 0) is 16.0 Å². The standard InChI is InChI=1S/C21H29N3O2/c1-22(21(26)17-10-11-17)18-8-5-12-23(14-18)15-20(25)24-13-4-7-16-6-2-3-9-19(16)24/h2-3,6,9,17-18H,4-5,7-8,10-15H2,1H3. The number of anilines is 1. The van der Waals surface area contributed by atoms with Crippen LogP contribution in [0.15, 0.2) is 24.3 Å². The van der Waals surface area contributed by atoms with Crippen LogP contribution in [0.1, 0.15) is 37.7 Å². The van der Waals surface area contributed by atoms with Crippen LogP contribution in [0.25, 0.3) is 0 Å². The highest BCUT2D eigenvalue weighted by atomic mass is 16.2. The molecule has 4 rings (SSSR count). The predicted molar refractivity (Wildman–Crippen MR) is 102 cm³/mol. The van der Waals surface area contributed by atoms with Crippen molar-refractivity contribution in [3.8, 4) is 0 Å².